The van der Waals surface area contributed by atoms with E-state index in [1.807, 2.05) is 11.6 Å². The smallest absolute Gasteiger partial charge is 0.316 e. The van der Waals surface area contributed by atoms with E-state index in [9.17, 15) is 8.42 Å². The van der Waals surface area contributed by atoms with Gasteiger partial charge in [-0.1, -0.05) is 115 Å². The molecule has 252 valence electrons. The summed E-state index contributed by atoms with van der Waals surface area (Å²) < 4.78 is 45.1. The van der Waals surface area contributed by atoms with Gasteiger partial charge in [0.2, 0.25) is 5.51 Å². The highest BCUT2D eigenvalue weighted by Gasteiger charge is 2.22. The summed E-state index contributed by atoms with van der Waals surface area (Å²) >= 11 is 1.66. The number of thiazole rings is 1. The maximum atomic E-state index is 12.8. The molecule has 0 fully saturated rings. The number of nitrogens with zero attached hydrogens (tertiary/aromatic N) is 3. The maximum absolute atomic E-state index is 12.8. The summed E-state index contributed by atoms with van der Waals surface area (Å²) in [5, 5.41) is 2.04. The number of sulfone groups is 1. The normalized spacial score (nSPS) is 12.5. The van der Waals surface area contributed by atoms with E-state index < -0.39 is 15.9 Å². The zero-order valence-electron chi connectivity index (χ0n) is 27.4. The topological polar surface area (TPSA) is 91.5 Å². The molecule has 2 rings (SSSR count). The molecule has 44 heavy (non-hydrogen) atoms. The molecule has 8 nitrogen and oxygen atoms in total. The Kier molecular flexibility index (Phi) is 23.3. The summed E-state index contributed by atoms with van der Waals surface area (Å²) in [5.74, 6) is -0.0695. The summed E-state index contributed by atoms with van der Waals surface area (Å²) in [6, 6.07) is 1.87. The molecule has 0 saturated heterocycles. The van der Waals surface area contributed by atoms with E-state index in [0.29, 0.717) is 26.2 Å². The van der Waals surface area contributed by atoms with Gasteiger partial charge < -0.3 is 14.2 Å². The van der Waals surface area contributed by atoms with Crippen LogP contribution >= 0.6 is 11.3 Å². The molecule has 0 bridgehead atoms. The fraction of sp³-hybridized carbons (Fsp3) is 0.794. The second kappa shape index (κ2) is 26.6. The van der Waals surface area contributed by atoms with Gasteiger partial charge in [0.25, 0.3) is 0 Å². The van der Waals surface area contributed by atoms with Crippen LogP contribution < -0.4 is 9.30 Å². The second-order valence-electron chi connectivity index (χ2n) is 11.8. The minimum absolute atomic E-state index is 0.0565. The Morgan fingerprint density at radius 1 is 0.750 bits per heavy atom. The van der Waals surface area contributed by atoms with Crippen molar-refractivity contribution in [3.8, 4) is 6.01 Å². The minimum atomic E-state index is -3.35. The molecule has 0 aromatic carbocycles. The average Bonchev–Trinajstić information content (AvgIpc) is 3.54. The third kappa shape index (κ3) is 22.0. The van der Waals surface area contributed by atoms with Gasteiger partial charge in [-0.3, -0.25) is 0 Å². The van der Waals surface area contributed by atoms with Crippen LogP contribution in [-0.4, -0.2) is 62.4 Å². The number of rotatable bonds is 31. The Labute approximate surface area is 272 Å². The molecule has 10 heteroatoms. The van der Waals surface area contributed by atoms with Gasteiger partial charge in [0.05, 0.1) is 30.1 Å². The summed E-state index contributed by atoms with van der Waals surface area (Å²) in [6.45, 7) is 5.03. The van der Waals surface area contributed by atoms with Crippen LogP contribution in [0.15, 0.2) is 35.5 Å². The van der Waals surface area contributed by atoms with Crippen molar-refractivity contribution in [3.05, 3.63) is 35.5 Å². The zero-order chi connectivity index (χ0) is 31.4. The molecule has 1 unspecified atom stereocenters. The molecular formula is C34H60N3O5S2+. The molecule has 2 aromatic rings. The minimum Gasteiger partial charge on any atom is -0.457 e. The van der Waals surface area contributed by atoms with E-state index in [-0.39, 0.29) is 24.1 Å². The largest absolute Gasteiger partial charge is 0.457 e. The van der Waals surface area contributed by atoms with E-state index >= 15 is 0 Å². The third-order valence-electron chi connectivity index (χ3n) is 7.68. The molecule has 1 atom stereocenters. The standard InChI is InChI=1S/C34H60N3O5S2/c1-2-3-4-5-6-7-8-9-10-11-12-13-14-15-16-17-25-41-30-33(42-34-35-21-18-22-36-34)31-44(38,39)29-20-27-40-26-19-23-37-24-28-43-32-37/h18,21-22,24,28,32-33H,2-17,19-20,23,25-27,29-31H2,1H3/q+1. The molecular weight excluding hydrogens is 595 g/mol. The first-order chi connectivity index (χ1) is 21.6. The van der Waals surface area contributed by atoms with Crippen molar-refractivity contribution in [1.82, 2.24) is 9.97 Å². The van der Waals surface area contributed by atoms with Gasteiger partial charge in [-0.2, -0.15) is 4.57 Å². The lowest BCUT2D eigenvalue weighted by atomic mass is 10.0. The van der Waals surface area contributed by atoms with Gasteiger partial charge in [0.1, 0.15) is 6.10 Å². The van der Waals surface area contributed by atoms with Crippen molar-refractivity contribution >= 4 is 21.2 Å². The molecule has 0 aliphatic carbocycles. The van der Waals surface area contributed by atoms with Gasteiger partial charge in [0, 0.05) is 32.0 Å². The Morgan fingerprint density at radius 3 is 1.91 bits per heavy atom. The lowest BCUT2D eigenvalue weighted by Gasteiger charge is -2.18. The molecule has 0 aliphatic heterocycles. The number of aryl methyl sites for hydroxylation is 1. The highest BCUT2D eigenvalue weighted by atomic mass is 32.2. The van der Waals surface area contributed by atoms with Crippen LogP contribution in [0.5, 0.6) is 6.01 Å². The van der Waals surface area contributed by atoms with Gasteiger partial charge in [0.15, 0.2) is 22.6 Å². The van der Waals surface area contributed by atoms with Crippen LogP contribution in [0.1, 0.15) is 122 Å². The average molecular weight is 655 g/mol. The maximum Gasteiger partial charge on any atom is 0.316 e. The lowest BCUT2D eigenvalue weighted by molar-refractivity contribution is -0.692. The summed E-state index contributed by atoms with van der Waals surface area (Å²) in [6.07, 6.45) is 27.2. The number of aromatic nitrogens is 3. The van der Waals surface area contributed by atoms with Crippen molar-refractivity contribution in [3.63, 3.8) is 0 Å². The van der Waals surface area contributed by atoms with E-state index in [1.165, 1.54) is 89.9 Å². The van der Waals surface area contributed by atoms with Gasteiger partial charge in [-0.25, -0.2) is 18.4 Å². The van der Waals surface area contributed by atoms with Crippen LogP contribution in [0, 0.1) is 0 Å². The Hall–Kier alpha value is -1.62. The van der Waals surface area contributed by atoms with E-state index in [0.717, 1.165) is 25.8 Å². The van der Waals surface area contributed by atoms with Crippen LogP contribution in [-0.2, 0) is 25.9 Å². The van der Waals surface area contributed by atoms with Crippen molar-refractivity contribution in [1.29, 1.82) is 0 Å². The Balaban J connectivity index is 1.50. The van der Waals surface area contributed by atoms with Crippen LogP contribution in [0.2, 0.25) is 0 Å². The van der Waals surface area contributed by atoms with E-state index in [2.05, 4.69) is 27.0 Å². The number of unbranched alkanes of at least 4 members (excludes halogenated alkanes) is 15. The zero-order valence-corrected chi connectivity index (χ0v) is 29.1. The fourth-order valence-corrected chi connectivity index (χ4v) is 7.25. The fourth-order valence-electron chi connectivity index (χ4n) is 5.17. The van der Waals surface area contributed by atoms with E-state index in [1.54, 1.807) is 29.8 Å². The third-order valence-corrected chi connectivity index (χ3v) is 10.1. The summed E-state index contributed by atoms with van der Waals surface area (Å²) in [5.41, 5.74) is 2.07. The van der Waals surface area contributed by atoms with Crippen LogP contribution in [0.3, 0.4) is 0 Å². The second-order valence-corrected chi connectivity index (χ2v) is 14.8. The summed E-state index contributed by atoms with van der Waals surface area (Å²) in [4.78, 5) is 8.19. The molecule has 0 aliphatic rings. The van der Waals surface area contributed by atoms with Crippen molar-refractivity contribution in [2.45, 2.75) is 135 Å². The highest BCUT2D eigenvalue weighted by Crippen LogP contribution is 2.14. The van der Waals surface area contributed by atoms with Gasteiger partial charge in [-0.15, -0.1) is 0 Å². The first kappa shape index (κ1) is 38.6. The molecule has 0 spiro atoms. The first-order valence-electron chi connectivity index (χ1n) is 17.3. The molecule has 0 N–H and O–H groups in total. The monoisotopic (exact) mass is 654 g/mol. The molecule has 0 saturated carbocycles. The Morgan fingerprint density at radius 2 is 1.32 bits per heavy atom. The number of ether oxygens (including phenoxy) is 3. The van der Waals surface area contributed by atoms with Crippen LogP contribution in [0.25, 0.3) is 0 Å². The summed E-state index contributed by atoms with van der Waals surface area (Å²) in [7, 11) is -3.35. The number of hydrogen-bond acceptors (Lipinski definition) is 8. The van der Waals surface area contributed by atoms with Gasteiger partial charge >= 0.3 is 6.01 Å². The molecule has 2 aromatic heterocycles. The van der Waals surface area contributed by atoms with Crippen molar-refractivity contribution < 1.29 is 27.2 Å². The SMILES string of the molecule is CCCCCCCCCCCCCCCCCCOCC(CS(=O)(=O)CCCOCCC[n+]1ccsc1)Oc1ncccn1. The van der Waals surface area contributed by atoms with E-state index in [4.69, 9.17) is 14.2 Å². The lowest BCUT2D eigenvalue weighted by Crippen LogP contribution is -2.33. The molecule has 2 heterocycles. The highest BCUT2D eigenvalue weighted by molar-refractivity contribution is 7.91. The quantitative estimate of drug-likeness (QED) is 0.0606. The van der Waals surface area contributed by atoms with Crippen LogP contribution in [0.4, 0.5) is 0 Å². The molecule has 0 radical (unpaired) electrons. The van der Waals surface area contributed by atoms with Crippen molar-refractivity contribution in [2.75, 3.05) is 37.9 Å². The predicted molar refractivity (Wildman–Crippen MR) is 180 cm³/mol. The Bertz CT molecular complexity index is 994. The van der Waals surface area contributed by atoms with Crippen molar-refractivity contribution in [2.24, 2.45) is 0 Å². The first-order valence-corrected chi connectivity index (χ1v) is 20.1. The predicted octanol–water partition coefficient (Wildman–Crippen LogP) is 7.76. The van der Waals surface area contributed by atoms with Gasteiger partial charge in [-0.05, 0) is 18.9 Å². The number of hydrogen-bond donors (Lipinski definition) is 0. The molecule has 0 amide bonds.